The molecule has 1 aromatic heterocycles. The van der Waals surface area contributed by atoms with Gasteiger partial charge in [0.2, 0.25) is 11.2 Å². The Morgan fingerprint density at radius 3 is 1.75 bits per heavy atom. The topological polar surface area (TPSA) is 87.4 Å². The van der Waals surface area contributed by atoms with Gasteiger partial charge in [-0.2, -0.15) is 0 Å². The summed E-state index contributed by atoms with van der Waals surface area (Å²) >= 11 is 0. The van der Waals surface area contributed by atoms with Crippen molar-refractivity contribution in [2.45, 2.75) is 19.8 Å². The SMILES string of the molecule is COc1c(-c2ccc(OCc3ccccc3)c(OCc3ccccc3)c2)oc2cc(OCc3ccccc3)cc(O)c2c1=O. The van der Waals surface area contributed by atoms with Crippen LogP contribution < -0.4 is 24.4 Å². The van der Waals surface area contributed by atoms with E-state index < -0.39 is 5.43 Å². The number of methoxy groups -OCH3 is 1. The van der Waals surface area contributed by atoms with Gasteiger partial charge in [-0.15, -0.1) is 0 Å². The second-order valence-electron chi connectivity index (χ2n) is 10.1. The van der Waals surface area contributed by atoms with Crippen LogP contribution in [0.15, 0.2) is 131 Å². The van der Waals surface area contributed by atoms with Crippen LogP contribution in [-0.4, -0.2) is 12.2 Å². The number of fused-ring (bicyclic) bond motifs is 1. The largest absolute Gasteiger partial charge is 0.507 e. The van der Waals surface area contributed by atoms with Crippen molar-refractivity contribution >= 4 is 11.0 Å². The number of benzene rings is 5. The van der Waals surface area contributed by atoms with E-state index in [0.29, 0.717) is 36.0 Å². The summed E-state index contributed by atoms with van der Waals surface area (Å²) in [5.74, 6) is 1.23. The minimum atomic E-state index is -0.507. The van der Waals surface area contributed by atoms with Crippen LogP contribution in [0.1, 0.15) is 16.7 Å². The van der Waals surface area contributed by atoms with Crippen molar-refractivity contribution < 1.29 is 28.5 Å². The second-order valence-corrected chi connectivity index (χ2v) is 10.1. The maximum absolute atomic E-state index is 13.5. The van der Waals surface area contributed by atoms with E-state index >= 15 is 0 Å². The first-order chi connectivity index (χ1) is 21.6. The van der Waals surface area contributed by atoms with Gasteiger partial charge in [0.25, 0.3) is 0 Å². The van der Waals surface area contributed by atoms with Gasteiger partial charge in [0.05, 0.1) is 7.11 Å². The van der Waals surface area contributed by atoms with Gasteiger partial charge < -0.3 is 28.5 Å². The molecule has 220 valence electrons. The third-order valence-electron chi connectivity index (χ3n) is 7.04. The first kappa shape index (κ1) is 28.4. The van der Waals surface area contributed by atoms with Gasteiger partial charge in [0.15, 0.2) is 17.3 Å². The molecule has 7 heteroatoms. The van der Waals surface area contributed by atoms with Crippen molar-refractivity contribution in [2.24, 2.45) is 0 Å². The van der Waals surface area contributed by atoms with E-state index in [2.05, 4.69) is 0 Å². The molecule has 0 radical (unpaired) electrons. The Bertz CT molecular complexity index is 1920. The zero-order valence-electron chi connectivity index (χ0n) is 24.1. The minimum Gasteiger partial charge on any atom is -0.507 e. The van der Waals surface area contributed by atoms with Crippen molar-refractivity contribution in [1.29, 1.82) is 0 Å². The fraction of sp³-hybridized carbons (Fsp3) is 0.108. The number of phenolic OH excluding ortho intramolecular Hbond substituents is 1. The summed E-state index contributed by atoms with van der Waals surface area (Å²) in [6.07, 6.45) is 0. The number of aromatic hydroxyl groups is 1. The van der Waals surface area contributed by atoms with E-state index in [9.17, 15) is 9.90 Å². The second kappa shape index (κ2) is 13.1. The number of phenols is 1. The van der Waals surface area contributed by atoms with Gasteiger partial charge >= 0.3 is 0 Å². The highest BCUT2D eigenvalue weighted by molar-refractivity contribution is 5.88. The Morgan fingerprint density at radius 2 is 1.18 bits per heavy atom. The van der Waals surface area contributed by atoms with Crippen molar-refractivity contribution in [3.8, 4) is 40.1 Å². The third-order valence-corrected chi connectivity index (χ3v) is 7.04. The predicted molar refractivity (Wildman–Crippen MR) is 168 cm³/mol. The highest BCUT2D eigenvalue weighted by atomic mass is 16.5. The van der Waals surface area contributed by atoms with Crippen LogP contribution in [0.4, 0.5) is 0 Å². The van der Waals surface area contributed by atoms with Crippen LogP contribution in [0.3, 0.4) is 0 Å². The van der Waals surface area contributed by atoms with Crippen molar-refractivity contribution in [1.82, 2.24) is 0 Å². The van der Waals surface area contributed by atoms with Gasteiger partial charge in [-0.3, -0.25) is 4.79 Å². The van der Waals surface area contributed by atoms with E-state index in [0.717, 1.165) is 16.7 Å². The molecule has 0 saturated carbocycles. The quantitative estimate of drug-likeness (QED) is 0.165. The summed E-state index contributed by atoms with van der Waals surface area (Å²) in [6.45, 7) is 0.938. The number of hydrogen-bond acceptors (Lipinski definition) is 7. The molecule has 0 unspecified atom stereocenters. The van der Waals surface area contributed by atoms with Gasteiger partial charge in [0, 0.05) is 17.7 Å². The Morgan fingerprint density at radius 1 is 0.636 bits per heavy atom. The normalized spacial score (nSPS) is 10.8. The lowest BCUT2D eigenvalue weighted by Crippen LogP contribution is -2.08. The average molecular weight is 587 g/mol. The van der Waals surface area contributed by atoms with Gasteiger partial charge in [0.1, 0.15) is 42.3 Å². The highest BCUT2D eigenvalue weighted by Crippen LogP contribution is 2.39. The summed E-state index contributed by atoms with van der Waals surface area (Å²) in [6, 6.07) is 37.6. The third kappa shape index (κ3) is 6.37. The fourth-order valence-corrected chi connectivity index (χ4v) is 4.81. The molecule has 6 aromatic rings. The van der Waals surface area contributed by atoms with Crippen LogP contribution in [0.2, 0.25) is 0 Å². The van der Waals surface area contributed by atoms with Crippen molar-refractivity contribution in [3.05, 3.63) is 148 Å². The molecule has 0 aliphatic heterocycles. The Hall–Kier alpha value is -5.69. The summed E-state index contributed by atoms with van der Waals surface area (Å²) in [4.78, 5) is 13.5. The molecule has 0 spiro atoms. The Labute approximate surface area is 254 Å². The lowest BCUT2D eigenvalue weighted by atomic mass is 10.1. The molecule has 6 rings (SSSR count). The molecule has 1 N–H and O–H groups in total. The molecule has 0 fully saturated rings. The monoisotopic (exact) mass is 586 g/mol. The molecular formula is C37H30O7. The van der Waals surface area contributed by atoms with Crippen LogP contribution in [0.5, 0.6) is 28.7 Å². The van der Waals surface area contributed by atoms with Crippen molar-refractivity contribution in [2.75, 3.05) is 7.11 Å². The van der Waals surface area contributed by atoms with E-state index in [1.165, 1.54) is 13.2 Å². The summed E-state index contributed by atoms with van der Waals surface area (Å²) in [7, 11) is 1.39. The summed E-state index contributed by atoms with van der Waals surface area (Å²) in [5.41, 5.74) is 3.14. The predicted octanol–water partition coefficient (Wildman–Crippen LogP) is 7.91. The summed E-state index contributed by atoms with van der Waals surface area (Å²) < 4.78 is 30.0. The molecule has 0 saturated heterocycles. The summed E-state index contributed by atoms with van der Waals surface area (Å²) in [5, 5.41) is 10.8. The minimum absolute atomic E-state index is 0.000951. The average Bonchev–Trinajstić information content (AvgIpc) is 3.06. The van der Waals surface area contributed by atoms with Crippen LogP contribution in [0, 0.1) is 0 Å². The smallest absolute Gasteiger partial charge is 0.239 e. The zero-order valence-corrected chi connectivity index (χ0v) is 24.1. The van der Waals surface area contributed by atoms with E-state index in [1.807, 2.05) is 91.0 Å². The van der Waals surface area contributed by atoms with E-state index in [-0.39, 0.29) is 34.8 Å². The standard InChI is InChI=1S/C37H30O7/c1-40-37-35(39)34-30(38)20-29(41-22-25-11-5-2-6-12-25)21-33(34)44-36(37)28-17-18-31(42-23-26-13-7-3-8-14-26)32(19-28)43-24-27-15-9-4-10-16-27/h2-21,38H,22-24H2,1H3. The Balaban J connectivity index is 1.37. The molecule has 0 aliphatic carbocycles. The van der Waals surface area contributed by atoms with Crippen LogP contribution >= 0.6 is 0 Å². The fourth-order valence-electron chi connectivity index (χ4n) is 4.81. The molecular weight excluding hydrogens is 556 g/mol. The molecule has 44 heavy (non-hydrogen) atoms. The molecule has 0 aliphatic rings. The Kier molecular flexibility index (Phi) is 8.46. The van der Waals surface area contributed by atoms with E-state index in [1.54, 1.807) is 24.3 Å². The van der Waals surface area contributed by atoms with Gasteiger partial charge in [-0.1, -0.05) is 91.0 Å². The number of hydrogen-bond donors (Lipinski definition) is 1. The lowest BCUT2D eigenvalue weighted by Gasteiger charge is -2.16. The molecule has 5 aromatic carbocycles. The first-order valence-electron chi connectivity index (χ1n) is 14.1. The maximum Gasteiger partial charge on any atom is 0.239 e. The number of ether oxygens (including phenoxy) is 4. The zero-order chi connectivity index (χ0) is 30.3. The molecule has 0 bridgehead atoms. The molecule has 7 nitrogen and oxygen atoms in total. The molecule has 1 heterocycles. The van der Waals surface area contributed by atoms with Crippen LogP contribution in [-0.2, 0) is 19.8 Å². The van der Waals surface area contributed by atoms with Crippen LogP contribution in [0.25, 0.3) is 22.3 Å². The van der Waals surface area contributed by atoms with Gasteiger partial charge in [-0.05, 0) is 34.9 Å². The lowest BCUT2D eigenvalue weighted by molar-refractivity contribution is 0.256. The van der Waals surface area contributed by atoms with Crippen molar-refractivity contribution in [3.63, 3.8) is 0 Å². The molecule has 0 amide bonds. The maximum atomic E-state index is 13.5. The first-order valence-corrected chi connectivity index (χ1v) is 14.1. The highest BCUT2D eigenvalue weighted by Gasteiger charge is 2.22. The van der Waals surface area contributed by atoms with E-state index in [4.69, 9.17) is 23.4 Å². The van der Waals surface area contributed by atoms with Gasteiger partial charge in [-0.25, -0.2) is 0 Å². The molecule has 0 atom stereocenters. The number of rotatable bonds is 11.